The Hall–Kier alpha value is -1.11. The summed E-state index contributed by atoms with van der Waals surface area (Å²) in [6, 6.07) is 3.86. The van der Waals surface area contributed by atoms with Gasteiger partial charge in [0.25, 0.3) is 5.91 Å². The van der Waals surface area contributed by atoms with Gasteiger partial charge in [0.1, 0.15) is 0 Å². The number of rotatable bonds is 7. The van der Waals surface area contributed by atoms with Crippen LogP contribution in [0.5, 0.6) is 0 Å². The zero-order chi connectivity index (χ0) is 16.7. The van der Waals surface area contributed by atoms with Crippen LogP contribution in [0.4, 0.5) is 0 Å². The van der Waals surface area contributed by atoms with E-state index in [9.17, 15) is 9.59 Å². The molecule has 0 radical (unpaired) electrons. The molecule has 2 rings (SSSR count). The van der Waals surface area contributed by atoms with Crippen LogP contribution in [0.25, 0.3) is 0 Å². The summed E-state index contributed by atoms with van der Waals surface area (Å²) in [6.45, 7) is 5.30. The summed E-state index contributed by atoms with van der Waals surface area (Å²) in [6.07, 6.45) is 4.76. The molecular formula is C17H28ClN3O2S. The third kappa shape index (κ3) is 6.07. The molecule has 0 aromatic carbocycles. The Morgan fingerprint density at radius 1 is 1.04 bits per heavy atom. The van der Waals surface area contributed by atoms with Crippen molar-refractivity contribution in [3.8, 4) is 0 Å². The number of unbranched alkanes of at least 4 members (excludes halogenated alkanes) is 3. The molecule has 0 aliphatic carbocycles. The van der Waals surface area contributed by atoms with Crippen LogP contribution in [0, 0.1) is 6.92 Å². The van der Waals surface area contributed by atoms with Crippen LogP contribution in [-0.2, 0) is 4.79 Å². The molecular weight excluding hydrogens is 346 g/mol. The average Bonchev–Trinajstić information content (AvgIpc) is 3.00. The molecule has 0 atom stereocenters. The Kier molecular flexibility index (Phi) is 9.33. The average molecular weight is 374 g/mol. The largest absolute Gasteiger partial charge is 0.339 e. The number of nitrogens with two attached hydrogens (primary N) is 1. The highest BCUT2D eigenvalue weighted by molar-refractivity contribution is 7.13. The van der Waals surface area contributed by atoms with Crippen LogP contribution < -0.4 is 5.73 Å². The monoisotopic (exact) mass is 373 g/mol. The van der Waals surface area contributed by atoms with Crippen molar-refractivity contribution >= 4 is 35.6 Å². The Labute approximate surface area is 154 Å². The van der Waals surface area contributed by atoms with Crippen molar-refractivity contribution in [3.05, 3.63) is 21.9 Å². The molecule has 24 heavy (non-hydrogen) atoms. The highest BCUT2D eigenvalue weighted by Gasteiger charge is 2.25. The van der Waals surface area contributed by atoms with Crippen molar-refractivity contribution in [1.29, 1.82) is 0 Å². The Balaban J connectivity index is 0.00000288. The Morgan fingerprint density at radius 2 is 1.67 bits per heavy atom. The van der Waals surface area contributed by atoms with E-state index in [-0.39, 0.29) is 24.2 Å². The number of piperazine rings is 1. The molecule has 1 aliphatic heterocycles. The van der Waals surface area contributed by atoms with Gasteiger partial charge in [-0.3, -0.25) is 9.59 Å². The van der Waals surface area contributed by atoms with E-state index in [1.165, 1.54) is 11.3 Å². The first-order valence-corrected chi connectivity index (χ1v) is 9.27. The molecule has 1 aromatic rings. The maximum absolute atomic E-state index is 12.4. The van der Waals surface area contributed by atoms with Crippen molar-refractivity contribution in [2.75, 3.05) is 32.7 Å². The number of nitrogens with zero attached hydrogens (tertiary/aromatic N) is 2. The maximum atomic E-state index is 12.4. The molecule has 2 N–H and O–H groups in total. The molecule has 0 bridgehead atoms. The topological polar surface area (TPSA) is 66.6 Å². The van der Waals surface area contributed by atoms with Gasteiger partial charge in [-0.1, -0.05) is 12.8 Å². The second-order valence-electron chi connectivity index (χ2n) is 6.04. The SMILES string of the molecule is Cc1ccc(C(=O)N2CCN(C(=O)CCCCCCN)CC2)s1.Cl. The molecule has 5 nitrogen and oxygen atoms in total. The molecule has 1 saturated heterocycles. The highest BCUT2D eigenvalue weighted by atomic mass is 35.5. The number of carbonyl (C=O) groups is 2. The lowest BCUT2D eigenvalue weighted by Crippen LogP contribution is -2.50. The van der Waals surface area contributed by atoms with E-state index in [4.69, 9.17) is 5.73 Å². The van der Waals surface area contributed by atoms with Crippen LogP contribution >= 0.6 is 23.7 Å². The van der Waals surface area contributed by atoms with Crippen molar-refractivity contribution in [2.24, 2.45) is 5.73 Å². The van der Waals surface area contributed by atoms with Gasteiger partial charge in [-0.2, -0.15) is 0 Å². The molecule has 1 aliphatic rings. The zero-order valence-corrected chi connectivity index (χ0v) is 16.0. The molecule has 2 amide bonds. The summed E-state index contributed by atoms with van der Waals surface area (Å²) in [5, 5.41) is 0. The summed E-state index contributed by atoms with van der Waals surface area (Å²) in [5.74, 6) is 0.314. The molecule has 136 valence electrons. The summed E-state index contributed by atoms with van der Waals surface area (Å²) < 4.78 is 0. The lowest BCUT2D eigenvalue weighted by molar-refractivity contribution is -0.132. The van der Waals surface area contributed by atoms with Crippen molar-refractivity contribution in [2.45, 2.75) is 39.0 Å². The fourth-order valence-electron chi connectivity index (χ4n) is 2.80. The summed E-state index contributed by atoms with van der Waals surface area (Å²) in [4.78, 5) is 30.3. The summed E-state index contributed by atoms with van der Waals surface area (Å²) in [7, 11) is 0. The van der Waals surface area contributed by atoms with E-state index in [2.05, 4.69) is 0 Å². The Bertz CT molecular complexity index is 528. The van der Waals surface area contributed by atoms with Crippen LogP contribution in [0.3, 0.4) is 0 Å². The fourth-order valence-corrected chi connectivity index (χ4v) is 3.63. The van der Waals surface area contributed by atoms with Crippen molar-refractivity contribution in [3.63, 3.8) is 0 Å². The lowest BCUT2D eigenvalue weighted by atomic mass is 10.1. The van der Waals surface area contributed by atoms with Crippen LogP contribution in [0.1, 0.15) is 46.7 Å². The zero-order valence-electron chi connectivity index (χ0n) is 14.3. The summed E-state index contributed by atoms with van der Waals surface area (Å²) in [5.41, 5.74) is 5.46. The minimum atomic E-state index is 0. The molecule has 7 heteroatoms. The molecule has 1 aromatic heterocycles. The van der Waals surface area contributed by atoms with E-state index in [1.54, 1.807) is 0 Å². The first-order chi connectivity index (χ1) is 11.1. The quantitative estimate of drug-likeness (QED) is 0.747. The van der Waals surface area contributed by atoms with E-state index in [0.717, 1.165) is 42.0 Å². The van der Waals surface area contributed by atoms with Gasteiger partial charge in [-0.25, -0.2) is 0 Å². The van der Waals surface area contributed by atoms with Gasteiger partial charge in [0.15, 0.2) is 0 Å². The Morgan fingerprint density at radius 3 is 2.25 bits per heavy atom. The molecule has 0 unspecified atom stereocenters. The van der Waals surface area contributed by atoms with Crippen molar-refractivity contribution in [1.82, 2.24) is 9.80 Å². The third-order valence-electron chi connectivity index (χ3n) is 4.22. The highest BCUT2D eigenvalue weighted by Crippen LogP contribution is 2.18. The predicted octanol–water partition coefficient (Wildman–Crippen LogP) is 2.67. The van der Waals surface area contributed by atoms with E-state index in [1.807, 2.05) is 28.9 Å². The predicted molar refractivity (Wildman–Crippen MR) is 101 cm³/mol. The standard InChI is InChI=1S/C17H27N3O2S.ClH/c1-14-7-8-15(23-14)17(22)20-12-10-19(11-13-20)16(21)6-4-2-3-5-9-18;/h7-8H,2-6,9-13,18H2,1H3;1H. The fraction of sp³-hybridized carbons (Fsp3) is 0.647. The summed E-state index contributed by atoms with van der Waals surface area (Å²) >= 11 is 1.53. The maximum Gasteiger partial charge on any atom is 0.264 e. The molecule has 0 saturated carbocycles. The second kappa shape index (κ2) is 10.7. The van der Waals surface area contributed by atoms with Gasteiger partial charge < -0.3 is 15.5 Å². The third-order valence-corrected chi connectivity index (χ3v) is 5.20. The first-order valence-electron chi connectivity index (χ1n) is 8.45. The van der Waals surface area contributed by atoms with E-state index < -0.39 is 0 Å². The molecule has 2 heterocycles. The van der Waals surface area contributed by atoms with Gasteiger partial charge in [0, 0.05) is 37.5 Å². The number of halogens is 1. The van der Waals surface area contributed by atoms with Crippen LogP contribution in [0.15, 0.2) is 12.1 Å². The number of hydrogen-bond donors (Lipinski definition) is 1. The van der Waals surface area contributed by atoms with Gasteiger partial charge in [-0.15, -0.1) is 23.7 Å². The van der Waals surface area contributed by atoms with Gasteiger partial charge >= 0.3 is 0 Å². The number of aryl methyl sites for hydroxylation is 1. The first kappa shape index (κ1) is 20.9. The smallest absolute Gasteiger partial charge is 0.264 e. The van der Waals surface area contributed by atoms with Gasteiger partial charge in [0.05, 0.1) is 4.88 Å². The normalized spacial score (nSPS) is 14.4. The van der Waals surface area contributed by atoms with Crippen molar-refractivity contribution < 1.29 is 9.59 Å². The van der Waals surface area contributed by atoms with Crippen LogP contribution in [0.2, 0.25) is 0 Å². The van der Waals surface area contributed by atoms with Gasteiger partial charge in [0.2, 0.25) is 5.91 Å². The van der Waals surface area contributed by atoms with E-state index in [0.29, 0.717) is 32.6 Å². The molecule has 0 spiro atoms. The number of hydrogen-bond acceptors (Lipinski definition) is 4. The van der Waals surface area contributed by atoms with Crippen LogP contribution in [-0.4, -0.2) is 54.3 Å². The van der Waals surface area contributed by atoms with Gasteiger partial charge in [-0.05, 0) is 38.4 Å². The second-order valence-corrected chi connectivity index (χ2v) is 7.32. The molecule has 1 fully saturated rings. The van der Waals surface area contributed by atoms with E-state index >= 15 is 0 Å². The minimum Gasteiger partial charge on any atom is -0.339 e. The minimum absolute atomic E-state index is 0. The number of thiophene rings is 1. The number of carbonyl (C=O) groups excluding carboxylic acids is 2. The number of amides is 2. The lowest BCUT2D eigenvalue weighted by Gasteiger charge is -2.34.